The van der Waals surface area contributed by atoms with Crippen LogP contribution in [0, 0.1) is 0 Å². The second-order valence-electron chi connectivity index (χ2n) is 8.54. The summed E-state index contributed by atoms with van der Waals surface area (Å²) in [5.41, 5.74) is 4.79. The Bertz CT molecular complexity index is 1540. The summed E-state index contributed by atoms with van der Waals surface area (Å²) in [6.45, 7) is 0. The summed E-state index contributed by atoms with van der Waals surface area (Å²) in [6.07, 6.45) is -5.51. The first-order valence-electron chi connectivity index (χ1n) is 11.5. The Morgan fingerprint density at radius 1 is 0.850 bits per heavy atom. The highest BCUT2D eigenvalue weighted by Gasteiger charge is 2.32. The van der Waals surface area contributed by atoms with Gasteiger partial charge in [0, 0.05) is 34.8 Å². The minimum atomic E-state index is -4.65. The molecule has 0 amide bonds. The quantitative estimate of drug-likeness (QED) is 0.0862. The number of aromatic amines is 1. The number of carboxylic acids is 2. The van der Waals surface area contributed by atoms with E-state index in [0.29, 0.717) is 18.6 Å². The zero-order valence-electron chi connectivity index (χ0n) is 20.5. The van der Waals surface area contributed by atoms with Crippen LogP contribution in [0.1, 0.15) is 34.2 Å². The van der Waals surface area contributed by atoms with Crippen molar-refractivity contribution in [2.75, 3.05) is 5.73 Å². The van der Waals surface area contributed by atoms with Gasteiger partial charge >= 0.3 is 24.3 Å². The summed E-state index contributed by atoms with van der Waals surface area (Å²) < 4.78 is 75.6. The lowest BCUT2D eigenvalue weighted by Crippen LogP contribution is -2.08. The number of hydrogen-bond acceptors (Lipinski definition) is 3. The molecule has 4 aromatic rings. The lowest BCUT2D eigenvalue weighted by Gasteiger charge is -2.12. The Hall–Kier alpha value is -4.74. The Kier molecular flexibility index (Phi) is 8.92. The monoisotopic (exact) mass is 564 g/mol. The molecule has 0 radical (unpaired) electrons. The molecule has 5 N–H and O–H groups in total. The molecule has 0 fully saturated rings. The van der Waals surface area contributed by atoms with Crippen LogP contribution in [0.5, 0.6) is 0 Å². The van der Waals surface area contributed by atoms with Crippen LogP contribution in [0.3, 0.4) is 0 Å². The average molecular weight is 564 g/mol. The SMILES string of the molecule is Nc1cc(C(F)(F)F)ccc1C(=Cc1ccc(C(F)(F)F)cc1)C(=O)O.O=C(O)CCc1c[nH]c2ccccc12. The molecule has 0 saturated heterocycles. The van der Waals surface area contributed by atoms with Crippen LogP contribution in [0.4, 0.5) is 32.0 Å². The molecule has 0 spiro atoms. The maximum atomic E-state index is 12.7. The fourth-order valence-corrected chi connectivity index (χ4v) is 3.75. The number of aryl methyl sites for hydroxylation is 1. The molecule has 3 aromatic carbocycles. The molecule has 0 atom stereocenters. The highest BCUT2D eigenvalue weighted by atomic mass is 19.4. The van der Waals surface area contributed by atoms with E-state index in [1.807, 2.05) is 30.5 Å². The fourth-order valence-electron chi connectivity index (χ4n) is 3.75. The third kappa shape index (κ3) is 7.65. The Morgan fingerprint density at radius 2 is 1.45 bits per heavy atom. The lowest BCUT2D eigenvalue weighted by atomic mass is 9.99. The smallest absolute Gasteiger partial charge is 0.416 e. The number of fused-ring (bicyclic) bond motifs is 1. The molecular weight excluding hydrogens is 542 g/mol. The molecule has 0 saturated carbocycles. The number of nitrogens with two attached hydrogens (primary N) is 1. The Balaban J connectivity index is 0.000000263. The average Bonchev–Trinajstić information content (AvgIpc) is 3.29. The normalized spacial score (nSPS) is 12.1. The maximum absolute atomic E-state index is 12.7. The number of para-hydroxylation sites is 1. The number of nitrogens with one attached hydrogen (secondary N) is 1. The van der Waals surface area contributed by atoms with E-state index < -0.39 is 46.7 Å². The van der Waals surface area contributed by atoms with Gasteiger partial charge in [-0.25, -0.2) is 4.79 Å². The van der Waals surface area contributed by atoms with Crippen LogP contribution in [0.2, 0.25) is 0 Å². The van der Waals surface area contributed by atoms with Crippen molar-refractivity contribution in [3.63, 3.8) is 0 Å². The molecule has 0 aliphatic rings. The van der Waals surface area contributed by atoms with Gasteiger partial charge in [0.25, 0.3) is 0 Å². The predicted octanol–water partition coefficient (Wildman–Crippen LogP) is 7.12. The number of benzene rings is 3. The number of nitrogen functional groups attached to an aromatic ring is 1. The minimum Gasteiger partial charge on any atom is -0.481 e. The topological polar surface area (TPSA) is 116 Å². The first-order valence-corrected chi connectivity index (χ1v) is 11.5. The van der Waals surface area contributed by atoms with Gasteiger partial charge in [-0.2, -0.15) is 26.3 Å². The van der Waals surface area contributed by atoms with Crippen molar-refractivity contribution < 1.29 is 46.1 Å². The number of hydrogen-bond donors (Lipinski definition) is 4. The van der Waals surface area contributed by atoms with Crippen molar-refractivity contribution in [2.45, 2.75) is 25.2 Å². The number of carboxylic acid groups (broad SMARTS) is 2. The van der Waals surface area contributed by atoms with Crippen molar-refractivity contribution in [1.82, 2.24) is 4.98 Å². The van der Waals surface area contributed by atoms with Gasteiger partial charge in [-0.1, -0.05) is 36.4 Å². The molecule has 1 heterocycles. The van der Waals surface area contributed by atoms with Gasteiger partial charge in [0.15, 0.2) is 0 Å². The summed E-state index contributed by atoms with van der Waals surface area (Å²) in [7, 11) is 0. The third-order valence-corrected chi connectivity index (χ3v) is 5.73. The molecule has 40 heavy (non-hydrogen) atoms. The number of H-pyrrole nitrogens is 1. The van der Waals surface area contributed by atoms with Gasteiger partial charge in [-0.05, 0) is 54.0 Å². The second kappa shape index (κ2) is 12.0. The molecule has 4 rings (SSSR count). The van der Waals surface area contributed by atoms with E-state index in [1.165, 1.54) is 0 Å². The third-order valence-electron chi connectivity index (χ3n) is 5.73. The molecule has 0 aliphatic carbocycles. The highest BCUT2D eigenvalue weighted by Crippen LogP contribution is 2.34. The van der Waals surface area contributed by atoms with E-state index in [2.05, 4.69) is 4.98 Å². The van der Waals surface area contributed by atoms with Crippen LogP contribution >= 0.6 is 0 Å². The first kappa shape index (κ1) is 29.8. The number of carbonyl (C=O) groups is 2. The largest absolute Gasteiger partial charge is 0.481 e. The van der Waals surface area contributed by atoms with Crippen molar-refractivity contribution >= 4 is 40.2 Å². The van der Waals surface area contributed by atoms with Gasteiger partial charge in [0.2, 0.25) is 0 Å². The second-order valence-corrected chi connectivity index (χ2v) is 8.54. The van der Waals surface area contributed by atoms with Crippen molar-refractivity contribution in [2.24, 2.45) is 0 Å². The first-order chi connectivity index (χ1) is 18.7. The summed E-state index contributed by atoms with van der Waals surface area (Å²) >= 11 is 0. The number of aliphatic carboxylic acids is 2. The molecular formula is C28H22F6N2O4. The zero-order valence-corrected chi connectivity index (χ0v) is 20.5. The van der Waals surface area contributed by atoms with Gasteiger partial charge in [0.1, 0.15) is 0 Å². The standard InChI is InChI=1S/C17H11F6NO2.C11H11NO2/c18-16(19,20)10-3-1-9(2-4-10)7-13(15(25)26)12-6-5-11(8-14(12)24)17(21,22)23;13-11(14)6-5-8-7-12-10-4-2-1-3-9(8)10/h1-8H,24H2,(H,25,26);1-4,7,12H,5-6H2,(H,13,14). The van der Waals surface area contributed by atoms with Crippen LogP contribution < -0.4 is 5.73 Å². The lowest BCUT2D eigenvalue weighted by molar-refractivity contribution is -0.138. The Labute approximate surface area is 223 Å². The van der Waals surface area contributed by atoms with Gasteiger partial charge in [-0.3, -0.25) is 4.79 Å². The number of anilines is 1. The van der Waals surface area contributed by atoms with Crippen LogP contribution in [-0.4, -0.2) is 27.1 Å². The van der Waals surface area contributed by atoms with Gasteiger partial charge < -0.3 is 20.9 Å². The van der Waals surface area contributed by atoms with Gasteiger partial charge in [0.05, 0.1) is 16.7 Å². The summed E-state index contributed by atoms with van der Waals surface area (Å²) in [6, 6.07) is 13.7. The summed E-state index contributed by atoms with van der Waals surface area (Å²) in [5.74, 6) is -2.24. The van der Waals surface area contributed by atoms with Crippen molar-refractivity contribution in [3.05, 3.63) is 101 Å². The van der Waals surface area contributed by atoms with E-state index >= 15 is 0 Å². The number of rotatable bonds is 6. The van der Waals surface area contributed by atoms with Crippen molar-refractivity contribution in [3.8, 4) is 0 Å². The van der Waals surface area contributed by atoms with E-state index in [0.717, 1.165) is 52.9 Å². The molecule has 12 heteroatoms. The van der Waals surface area contributed by atoms with Crippen LogP contribution in [0.15, 0.2) is 72.9 Å². The minimum absolute atomic E-state index is 0.120. The molecule has 210 valence electrons. The number of alkyl halides is 6. The molecule has 1 aromatic heterocycles. The summed E-state index contributed by atoms with van der Waals surface area (Å²) in [4.78, 5) is 25.0. The number of aromatic nitrogens is 1. The fraction of sp³-hybridized carbons (Fsp3) is 0.143. The predicted molar refractivity (Wildman–Crippen MR) is 137 cm³/mol. The Morgan fingerprint density at radius 3 is 2.00 bits per heavy atom. The van der Waals surface area contributed by atoms with Crippen LogP contribution in [0.25, 0.3) is 22.6 Å². The van der Waals surface area contributed by atoms with E-state index in [9.17, 15) is 41.0 Å². The molecule has 6 nitrogen and oxygen atoms in total. The summed E-state index contributed by atoms with van der Waals surface area (Å²) in [5, 5.41) is 19.0. The number of halogens is 6. The van der Waals surface area contributed by atoms with E-state index in [4.69, 9.17) is 10.8 Å². The molecule has 0 bridgehead atoms. The molecule has 0 aliphatic heterocycles. The molecule has 0 unspecified atom stereocenters. The maximum Gasteiger partial charge on any atom is 0.416 e. The highest BCUT2D eigenvalue weighted by molar-refractivity contribution is 6.22. The zero-order chi connectivity index (χ0) is 29.7. The van der Waals surface area contributed by atoms with E-state index in [-0.39, 0.29) is 17.5 Å². The van der Waals surface area contributed by atoms with E-state index in [1.54, 1.807) is 0 Å². The van der Waals surface area contributed by atoms with Crippen LogP contribution in [-0.2, 0) is 28.4 Å². The van der Waals surface area contributed by atoms with Gasteiger partial charge in [-0.15, -0.1) is 0 Å². The van der Waals surface area contributed by atoms with Crippen molar-refractivity contribution in [1.29, 1.82) is 0 Å².